The monoisotopic (exact) mass is 356 g/mol. The second-order valence-electron chi connectivity index (χ2n) is 6.42. The van der Waals surface area contributed by atoms with Crippen molar-refractivity contribution >= 4 is 29.2 Å². The molecule has 0 atom stereocenters. The van der Waals surface area contributed by atoms with E-state index in [9.17, 15) is 14.4 Å². The fraction of sp³-hybridized carbons (Fsp3) is 0.316. The van der Waals surface area contributed by atoms with Gasteiger partial charge in [-0.1, -0.05) is 6.07 Å². The molecule has 0 radical (unpaired) electrons. The molecule has 0 spiro atoms. The van der Waals surface area contributed by atoms with Gasteiger partial charge in [-0.05, 0) is 49.9 Å². The van der Waals surface area contributed by atoms with Crippen molar-refractivity contribution in [2.45, 2.75) is 25.7 Å². The number of nitrogens with one attached hydrogen (secondary N) is 2. The summed E-state index contributed by atoms with van der Waals surface area (Å²) in [5, 5.41) is 14.6. The van der Waals surface area contributed by atoms with Crippen LogP contribution in [0.15, 0.2) is 47.3 Å². The van der Waals surface area contributed by atoms with E-state index in [1.54, 1.807) is 30.3 Å². The van der Waals surface area contributed by atoms with E-state index in [2.05, 4.69) is 10.6 Å². The molecule has 1 saturated carbocycles. The first-order valence-corrected chi connectivity index (χ1v) is 8.50. The van der Waals surface area contributed by atoms with Crippen LogP contribution in [0.2, 0.25) is 0 Å². The highest BCUT2D eigenvalue weighted by Crippen LogP contribution is 2.30. The standard InChI is InChI=1S/C19H20N2O5/c22-17(12-4-6-13(7-5-12)19(24)25)20-15-2-1-3-16(10-15)21-18(23)14-8-9-26-11-14/h1-3,8-13H,4-7H2,(H,20,22)(H,21,23)(H,24,25). The van der Waals surface area contributed by atoms with E-state index in [4.69, 9.17) is 9.52 Å². The fourth-order valence-corrected chi connectivity index (χ4v) is 3.12. The number of anilines is 2. The molecule has 3 rings (SSSR count). The van der Waals surface area contributed by atoms with Gasteiger partial charge in [-0.25, -0.2) is 0 Å². The Bertz CT molecular complexity index is 792. The molecule has 0 aliphatic heterocycles. The summed E-state index contributed by atoms with van der Waals surface area (Å²) in [4.78, 5) is 35.4. The summed E-state index contributed by atoms with van der Waals surface area (Å²) in [6, 6.07) is 8.45. The minimum Gasteiger partial charge on any atom is -0.481 e. The van der Waals surface area contributed by atoms with Gasteiger partial charge in [0.15, 0.2) is 0 Å². The lowest BCUT2D eigenvalue weighted by Gasteiger charge is -2.25. The first-order chi connectivity index (χ1) is 12.5. The van der Waals surface area contributed by atoms with E-state index in [1.165, 1.54) is 12.5 Å². The van der Waals surface area contributed by atoms with Crippen molar-refractivity contribution < 1.29 is 23.9 Å². The van der Waals surface area contributed by atoms with Crippen molar-refractivity contribution in [3.63, 3.8) is 0 Å². The topological polar surface area (TPSA) is 109 Å². The summed E-state index contributed by atoms with van der Waals surface area (Å²) >= 11 is 0. The zero-order valence-corrected chi connectivity index (χ0v) is 14.1. The van der Waals surface area contributed by atoms with Gasteiger partial charge in [0, 0.05) is 17.3 Å². The molecule has 3 N–H and O–H groups in total. The molecule has 26 heavy (non-hydrogen) atoms. The summed E-state index contributed by atoms with van der Waals surface area (Å²) in [6.45, 7) is 0. The molecule has 0 bridgehead atoms. The van der Waals surface area contributed by atoms with Crippen molar-refractivity contribution in [2.24, 2.45) is 11.8 Å². The fourth-order valence-electron chi connectivity index (χ4n) is 3.12. The van der Waals surface area contributed by atoms with E-state index in [0.717, 1.165) is 0 Å². The molecule has 2 amide bonds. The minimum atomic E-state index is -0.787. The first-order valence-electron chi connectivity index (χ1n) is 8.50. The summed E-state index contributed by atoms with van der Waals surface area (Å²) in [6.07, 6.45) is 4.96. The number of aliphatic carboxylic acids is 1. The Balaban J connectivity index is 1.57. The summed E-state index contributed by atoms with van der Waals surface area (Å²) < 4.78 is 4.88. The largest absolute Gasteiger partial charge is 0.481 e. The average molecular weight is 356 g/mol. The van der Waals surface area contributed by atoms with Gasteiger partial charge in [0.2, 0.25) is 5.91 Å². The number of hydrogen-bond acceptors (Lipinski definition) is 4. The predicted molar refractivity (Wildman–Crippen MR) is 94.8 cm³/mol. The Morgan fingerprint density at radius 2 is 1.62 bits per heavy atom. The third-order valence-electron chi connectivity index (χ3n) is 4.62. The summed E-state index contributed by atoms with van der Waals surface area (Å²) in [5.74, 6) is -1.73. The molecule has 1 aromatic carbocycles. The number of carboxylic acid groups (broad SMARTS) is 1. The lowest BCUT2D eigenvalue weighted by atomic mass is 9.81. The van der Waals surface area contributed by atoms with Gasteiger partial charge in [0.25, 0.3) is 5.91 Å². The highest BCUT2D eigenvalue weighted by Gasteiger charge is 2.29. The van der Waals surface area contributed by atoms with Crippen molar-refractivity contribution in [3.8, 4) is 0 Å². The van der Waals surface area contributed by atoms with Gasteiger partial charge in [-0.2, -0.15) is 0 Å². The molecular weight excluding hydrogens is 336 g/mol. The predicted octanol–water partition coefficient (Wildman–Crippen LogP) is 3.36. The van der Waals surface area contributed by atoms with Crippen LogP contribution in [-0.4, -0.2) is 22.9 Å². The normalized spacial score (nSPS) is 19.5. The molecule has 0 unspecified atom stereocenters. The lowest BCUT2D eigenvalue weighted by Crippen LogP contribution is -2.29. The van der Waals surface area contributed by atoms with Crippen LogP contribution >= 0.6 is 0 Å². The number of carboxylic acids is 1. The molecule has 1 aliphatic rings. The van der Waals surface area contributed by atoms with E-state index in [-0.39, 0.29) is 23.7 Å². The van der Waals surface area contributed by atoms with Crippen molar-refractivity contribution in [1.82, 2.24) is 0 Å². The number of amides is 2. The Kier molecular flexibility index (Phi) is 5.36. The van der Waals surface area contributed by atoms with Crippen LogP contribution in [0.4, 0.5) is 11.4 Å². The highest BCUT2D eigenvalue weighted by molar-refractivity contribution is 6.04. The highest BCUT2D eigenvalue weighted by atomic mass is 16.4. The molecule has 7 heteroatoms. The van der Waals surface area contributed by atoms with Gasteiger partial charge in [0.05, 0.1) is 17.7 Å². The van der Waals surface area contributed by atoms with Gasteiger partial charge in [-0.3, -0.25) is 14.4 Å². The number of rotatable bonds is 5. The van der Waals surface area contributed by atoms with Crippen molar-refractivity contribution in [1.29, 1.82) is 0 Å². The van der Waals surface area contributed by atoms with Gasteiger partial charge in [-0.15, -0.1) is 0 Å². The Hall–Kier alpha value is -3.09. The van der Waals surface area contributed by atoms with Crippen LogP contribution in [0.25, 0.3) is 0 Å². The van der Waals surface area contributed by atoms with Crippen LogP contribution in [0.3, 0.4) is 0 Å². The Morgan fingerprint density at radius 1 is 0.962 bits per heavy atom. The maximum Gasteiger partial charge on any atom is 0.306 e. The SMILES string of the molecule is O=C(Nc1cccc(NC(=O)C2CCC(C(=O)O)CC2)c1)c1ccoc1. The van der Waals surface area contributed by atoms with Crippen molar-refractivity contribution in [2.75, 3.05) is 10.6 Å². The summed E-state index contributed by atoms with van der Waals surface area (Å²) in [5.41, 5.74) is 1.55. The van der Waals surface area contributed by atoms with E-state index in [1.807, 2.05) is 0 Å². The van der Waals surface area contributed by atoms with Crippen LogP contribution in [0, 0.1) is 11.8 Å². The third kappa shape index (κ3) is 4.30. The molecule has 2 aromatic rings. The molecule has 7 nitrogen and oxygen atoms in total. The van der Waals surface area contributed by atoms with Crippen LogP contribution in [0.5, 0.6) is 0 Å². The quantitative estimate of drug-likeness (QED) is 0.761. The zero-order valence-electron chi connectivity index (χ0n) is 14.1. The number of furan rings is 1. The Labute approximate surface area is 150 Å². The minimum absolute atomic E-state index is 0.118. The van der Waals surface area contributed by atoms with E-state index >= 15 is 0 Å². The number of benzene rings is 1. The van der Waals surface area contributed by atoms with Crippen LogP contribution in [0.1, 0.15) is 36.0 Å². The maximum absolute atomic E-state index is 12.4. The van der Waals surface area contributed by atoms with Gasteiger partial charge >= 0.3 is 5.97 Å². The maximum atomic E-state index is 12.4. The second-order valence-corrected chi connectivity index (χ2v) is 6.42. The van der Waals surface area contributed by atoms with E-state index < -0.39 is 5.97 Å². The number of carbonyl (C=O) groups is 3. The molecule has 1 heterocycles. The second kappa shape index (κ2) is 7.86. The summed E-state index contributed by atoms with van der Waals surface area (Å²) in [7, 11) is 0. The number of carbonyl (C=O) groups excluding carboxylic acids is 2. The molecule has 0 saturated heterocycles. The molecule has 1 aliphatic carbocycles. The third-order valence-corrected chi connectivity index (χ3v) is 4.62. The van der Waals surface area contributed by atoms with Gasteiger partial charge < -0.3 is 20.2 Å². The molecule has 1 aromatic heterocycles. The number of hydrogen-bond donors (Lipinski definition) is 3. The lowest BCUT2D eigenvalue weighted by molar-refractivity contribution is -0.143. The Morgan fingerprint density at radius 3 is 2.23 bits per heavy atom. The molecule has 1 fully saturated rings. The first kappa shape index (κ1) is 17.7. The molecule has 136 valence electrons. The smallest absolute Gasteiger partial charge is 0.306 e. The average Bonchev–Trinajstić information content (AvgIpc) is 3.17. The van der Waals surface area contributed by atoms with Crippen LogP contribution in [-0.2, 0) is 9.59 Å². The molecular formula is C19H20N2O5. The van der Waals surface area contributed by atoms with Crippen molar-refractivity contribution in [3.05, 3.63) is 48.4 Å². The van der Waals surface area contributed by atoms with Gasteiger partial charge in [0.1, 0.15) is 6.26 Å². The zero-order chi connectivity index (χ0) is 18.5. The van der Waals surface area contributed by atoms with E-state index in [0.29, 0.717) is 42.6 Å². The van der Waals surface area contributed by atoms with Crippen LogP contribution < -0.4 is 10.6 Å².